The molecule has 3 heteroatoms. The van der Waals surface area contributed by atoms with E-state index in [0.717, 1.165) is 0 Å². The Labute approximate surface area is 84.7 Å². The molecule has 0 nitrogen and oxygen atoms in total. The van der Waals surface area contributed by atoms with Gasteiger partial charge in [-0.25, -0.2) is 0 Å². The molecule has 1 aliphatic rings. The maximum Gasteiger partial charge on any atom is 0.154 e. The Hall–Kier alpha value is 0.860. The van der Waals surface area contributed by atoms with Crippen molar-refractivity contribution in [1.29, 1.82) is 0 Å². The van der Waals surface area contributed by atoms with Gasteiger partial charge < -0.3 is 12.4 Å². The molecule has 0 aromatic carbocycles. The first kappa shape index (κ1) is 11.9. The largest absolute Gasteiger partial charge is 1.00 e. The van der Waals surface area contributed by atoms with Crippen LogP contribution in [0.25, 0.3) is 0 Å². The van der Waals surface area contributed by atoms with Gasteiger partial charge in [0.1, 0.15) is 6.42 Å². The summed E-state index contributed by atoms with van der Waals surface area (Å²) >= 11 is 4.19. The highest BCUT2D eigenvalue weighted by molar-refractivity contribution is 8.02. The minimum Gasteiger partial charge on any atom is -1.00 e. The fraction of sp³-hybridized carbons (Fsp3) is 0.875. The van der Waals surface area contributed by atoms with Gasteiger partial charge in [-0.05, 0) is 24.3 Å². The van der Waals surface area contributed by atoms with Gasteiger partial charge in [0.15, 0.2) is 5.25 Å². The zero-order valence-corrected chi connectivity index (χ0v) is 9.33. The van der Waals surface area contributed by atoms with Crippen molar-refractivity contribution in [2.45, 2.75) is 26.2 Å². The van der Waals surface area contributed by atoms with Crippen molar-refractivity contribution in [3.8, 4) is 0 Å². The van der Waals surface area contributed by atoms with Crippen molar-refractivity contribution >= 4 is 23.5 Å². The van der Waals surface area contributed by atoms with Crippen LogP contribution < -0.4 is 12.4 Å². The molecule has 0 saturated carbocycles. The van der Waals surface area contributed by atoms with Gasteiger partial charge in [-0.2, -0.15) is 11.8 Å². The lowest BCUT2D eigenvalue weighted by Gasteiger charge is -1.93. The maximum atomic E-state index is 2.28. The van der Waals surface area contributed by atoms with E-state index in [0.29, 0.717) is 0 Å². The van der Waals surface area contributed by atoms with E-state index in [2.05, 4.69) is 30.4 Å². The highest BCUT2D eigenvalue weighted by atomic mass is 35.5. The van der Waals surface area contributed by atoms with Crippen molar-refractivity contribution in [3.05, 3.63) is 5.25 Å². The number of rotatable bonds is 0. The molecule has 0 amide bonds. The Morgan fingerprint density at radius 1 is 1.09 bits per heavy atom. The van der Waals surface area contributed by atoms with Gasteiger partial charge in [-0.3, -0.25) is 0 Å². The van der Waals surface area contributed by atoms with Gasteiger partial charge in [-0.1, -0.05) is 0 Å². The molecule has 1 rings (SSSR count). The van der Waals surface area contributed by atoms with Gasteiger partial charge in [0, 0.05) is 5.75 Å². The second kappa shape index (κ2) is 7.51. The minimum absolute atomic E-state index is 0. The first-order valence-electron chi connectivity index (χ1n) is 3.92. The average molecular weight is 211 g/mol. The summed E-state index contributed by atoms with van der Waals surface area (Å²) in [4.78, 5) is 0. The summed E-state index contributed by atoms with van der Waals surface area (Å²) in [5, 5.41) is 1.64. The Kier molecular flexibility index (Phi) is 8.09. The fourth-order valence-corrected chi connectivity index (χ4v) is 3.01. The minimum atomic E-state index is 0. The van der Waals surface area contributed by atoms with Crippen molar-refractivity contribution in [1.82, 2.24) is 0 Å². The number of thioether (sulfide) groups is 2. The van der Waals surface area contributed by atoms with Crippen molar-refractivity contribution in [2.75, 3.05) is 17.3 Å². The first-order chi connectivity index (χ1) is 4.89. The van der Waals surface area contributed by atoms with E-state index in [9.17, 15) is 0 Å². The van der Waals surface area contributed by atoms with Crippen LogP contribution in [0.15, 0.2) is 0 Å². The summed E-state index contributed by atoms with van der Waals surface area (Å²) in [6, 6.07) is 0. The van der Waals surface area contributed by atoms with Crippen molar-refractivity contribution in [3.63, 3.8) is 0 Å². The van der Waals surface area contributed by atoms with Gasteiger partial charge >= 0.3 is 0 Å². The van der Waals surface area contributed by atoms with Crippen LogP contribution >= 0.6 is 23.5 Å². The van der Waals surface area contributed by atoms with Gasteiger partial charge in [-0.15, -0.1) is 0 Å². The molecular formula is C8H15ClS2. The Morgan fingerprint density at radius 2 is 1.82 bits per heavy atom. The molecule has 0 bridgehead atoms. The van der Waals surface area contributed by atoms with E-state index in [1.54, 1.807) is 5.25 Å². The highest BCUT2D eigenvalue weighted by Gasteiger charge is 2.15. The van der Waals surface area contributed by atoms with Crippen molar-refractivity contribution < 1.29 is 12.4 Å². The number of halogens is 1. The predicted molar refractivity (Wildman–Crippen MR) is 52.6 cm³/mol. The summed E-state index contributed by atoms with van der Waals surface area (Å²) in [5.74, 6) is 4.09. The lowest BCUT2D eigenvalue weighted by molar-refractivity contribution is -0.00000206. The summed E-state index contributed by atoms with van der Waals surface area (Å²) in [5.41, 5.74) is 0. The molecule has 0 spiro atoms. The first-order valence-corrected chi connectivity index (χ1v) is 6.06. The lowest BCUT2D eigenvalue weighted by Crippen LogP contribution is -3.00. The van der Waals surface area contributed by atoms with Crippen molar-refractivity contribution in [2.24, 2.45) is 0 Å². The summed E-state index contributed by atoms with van der Waals surface area (Å²) in [6.07, 6.45) is 4.13. The smallest absolute Gasteiger partial charge is 0.154 e. The monoisotopic (exact) mass is 210 g/mol. The van der Waals surface area contributed by atoms with Crippen LogP contribution in [-0.2, 0) is 0 Å². The molecule has 1 heterocycles. The van der Waals surface area contributed by atoms with Crippen LogP contribution in [0.4, 0.5) is 0 Å². The highest BCUT2D eigenvalue weighted by Crippen LogP contribution is 2.27. The zero-order chi connectivity index (χ0) is 7.23. The lowest BCUT2D eigenvalue weighted by atomic mass is 10.3. The van der Waals surface area contributed by atoms with Gasteiger partial charge in [0.05, 0.1) is 18.7 Å². The molecule has 0 aromatic rings. The molecule has 0 aromatic heterocycles. The molecule has 0 N–H and O–H groups in total. The summed E-state index contributed by atoms with van der Waals surface area (Å²) in [7, 11) is 0. The van der Waals surface area contributed by atoms with E-state index in [1.165, 1.54) is 36.5 Å². The van der Waals surface area contributed by atoms with E-state index in [-0.39, 0.29) is 12.4 Å². The molecule has 1 saturated heterocycles. The average Bonchev–Trinajstić information content (AvgIpc) is 2.02. The van der Waals surface area contributed by atoms with E-state index in [1.807, 2.05) is 0 Å². The third-order valence-corrected chi connectivity index (χ3v) is 3.94. The SMILES string of the molecule is C[C+]1CCCSCCCS1.[Cl-]. The third kappa shape index (κ3) is 6.06. The van der Waals surface area contributed by atoms with Crippen LogP contribution in [0.1, 0.15) is 26.2 Å². The van der Waals surface area contributed by atoms with Gasteiger partial charge in [0.25, 0.3) is 0 Å². The normalized spacial score (nSPS) is 21.0. The third-order valence-electron chi connectivity index (χ3n) is 1.60. The van der Waals surface area contributed by atoms with E-state index >= 15 is 0 Å². The van der Waals surface area contributed by atoms with Gasteiger partial charge in [0.2, 0.25) is 0 Å². The predicted octanol–water partition coefficient (Wildman–Crippen LogP) is 0.193. The molecule has 66 valence electrons. The van der Waals surface area contributed by atoms with Crippen LogP contribution in [0, 0.1) is 5.25 Å². The molecule has 0 unspecified atom stereocenters. The second-order valence-electron chi connectivity index (χ2n) is 2.62. The second-order valence-corrected chi connectivity index (χ2v) is 5.24. The van der Waals surface area contributed by atoms with Crippen LogP contribution in [0.3, 0.4) is 0 Å². The Morgan fingerprint density at radius 3 is 2.64 bits per heavy atom. The molecule has 0 radical (unpaired) electrons. The molecule has 11 heavy (non-hydrogen) atoms. The van der Waals surface area contributed by atoms with E-state index in [4.69, 9.17) is 0 Å². The molecule has 0 aliphatic carbocycles. The Bertz CT molecular complexity index is 78.2. The van der Waals surface area contributed by atoms with Crippen LogP contribution in [0.5, 0.6) is 0 Å². The van der Waals surface area contributed by atoms with E-state index < -0.39 is 0 Å². The number of hydrogen-bond donors (Lipinski definition) is 0. The van der Waals surface area contributed by atoms with Crippen LogP contribution in [-0.4, -0.2) is 17.3 Å². The molecule has 0 atom stereocenters. The zero-order valence-electron chi connectivity index (χ0n) is 6.94. The number of hydrogen-bond acceptors (Lipinski definition) is 2. The fourth-order valence-electron chi connectivity index (χ4n) is 1.00. The topological polar surface area (TPSA) is 0 Å². The molecule has 1 fully saturated rings. The summed E-state index contributed by atoms with van der Waals surface area (Å²) < 4.78 is 0. The standard InChI is InChI=1S/C8H15S2.ClH/c1-8-4-2-5-9-6-3-7-10-8;/h2-7H2,1H3;1H/q+1;/p-1. The Balaban J connectivity index is 0.000001000. The van der Waals surface area contributed by atoms with Crippen LogP contribution in [0.2, 0.25) is 0 Å². The molecular weight excluding hydrogens is 196 g/mol. The molecule has 1 aliphatic heterocycles. The summed E-state index contributed by atoms with van der Waals surface area (Å²) in [6.45, 7) is 2.28. The quantitative estimate of drug-likeness (QED) is 0.524. The maximum absolute atomic E-state index is 2.28.